The van der Waals surface area contributed by atoms with E-state index in [1.807, 2.05) is 0 Å². The van der Waals surface area contributed by atoms with Crippen LogP contribution in [0.1, 0.15) is 23.2 Å². The average molecular weight is 407 g/mol. The fraction of sp³-hybridized carbons (Fsp3) is 0.278. The molecule has 1 saturated heterocycles. The van der Waals surface area contributed by atoms with Gasteiger partial charge in [-0.3, -0.25) is 4.79 Å². The molecule has 1 aromatic carbocycles. The molecule has 28 heavy (non-hydrogen) atoms. The Morgan fingerprint density at radius 3 is 2.64 bits per heavy atom. The molecule has 8 nitrogen and oxygen atoms in total. The number of rotatable bonds is 5. The van der Waals surface area contributed by atoms with E-state index in [0.29, 0.717) is 12.8 Å². The second kappa shape index (κ2) is 8.03. The molecule has 2 heterocycles. The van der Waals surface area contributed by atoms with Crippen LogP contribution in [0.3, 0.4) is 0 Å². The smallest absolute Gasteiger partial charge is 0.338 e. The summed E-state index contributed by atoms with van der Waals surface area (Å²) in [4.78, 5) is 28.2. The number of aromatic nitrogens is 1. The maximum Gasteiger partial charge on any atom is 0.338 e. The van der Waals surface area contributed by atoms with Gasteiger partial charge in [0.2, 0.25) is 15.9 Å². The van der Waals surface area contributed by atoms with Crippen LogP contribution in [0.15, 0.2) is 47.5 Å². The minimum atomic E-state index is -3.96. The van der Waals surface area contributed by atoms with E-state index in [9.17, 15) is 22.4 Å². The highest BCUT2D eigenvalue weighted by atomic mass is 32.2. The Kier molecular flexibility index (Phi) is 5.71. The van der Waals surface area contributed by atoms with Gasteiger partial charge in [0.1, 0.15) is 17.7 Å². The van der Waals surface area contributed by atoms with Gasteiger partial charge < -0.3 is 10.1 Å². The number of sulfonamides is 1. The number of benzene rings is 1. The topological polar surface area (TPSA) is 106 Å². The molecule has 1 N–H and O–H groups in total. The van der Waals surface area contributed by atoms with Crippen molar-refractivity contribution in [2.24, 2.45) is 0 Å². The van der Waals surface area contributed by atoms with Gasteiger partial charge in [-0.05, 0) is 49.2 Å². The molecule has 148 valence electrons. The number of carbonyl (C=O) groups excluding carboxylic acids is 2. The number of hydrogen-bond acceptors (Lipinski definition) is 6. The van der Waals surface area contributed by atoms with E-state index >= 15 is 0 Å². The second-order valence-electron chi connectivity index (χ2n) is 6.14. The van der Waals surface area contributed by atoms with Crippen molar-refractivity contribution in [3.8, 4) is 0 Å². The summed E-state index contributed by atoms with van der Waals surface area (Å²) in [5, 5.41) is 2.54. The van der Waals surface area contributed by atoms with Crippen molar-refractivity contribution < 1.29 is 27.1 Å². The standard InChI is InChI=1S/C18H18FN3O5S/c1-27-18(24)12-8-9-20-16(11-12)21-17(23)15-3-2-10-22(15)28(25,26)14-6-4-13(19)5-7-14/h4-9,11,15H,2-3,10H2,1H3,(H,20,21,23). The normalized spacial score (nSPS) is 17.3. The molecule has 3 rings (SSSR count). The zero-order chi connectivity index (χ0) is 20.3. The lowest BCUT2D eigenvalue weighted by atomic mass is 10.2. The fourth-order valence-corrected chi connectivity index (χ4v) is 4.64. The first-order valence-corrected chi connectivity index (χ1v) is 9.89. The minimum Gasteiger partial charge on any atom is -0.465 e. The van der Waals surface area contributed by atoms with E-state index in [1.54, 1.807) is 0 Å². The summed E-state index contributed by atoms with van der Waals surface area (Å²) in [6, 6.07) is 6.29. The van der Waals surface area contributed by atoms with E-state index in [0.717, 1.165) is 16.4 Å². The molecule has 1 amide bonds. The van der Waals surface area contributed by atoms with Gasteiger partial charge in [-0.2, -0.15) is 4.31 Å². The Morgan fingerprint density at radius 1 is 1.25 bits per heavy atom. The molecule has 1 aromatic heterocycles. The molecular weight excluding hydrogens is 389 g/mol. The van der Waals surface area contributed by atoms with Crippen molar-refractivity contribution >= 4 is 27.7 Å². The van der Waals surface area contributed by atoms with Crippen molar-refractivity contribution in [2.45, 2.75) is 23.8 Å². The average Bonchev–Trinajstić information content (AvgIpc) is 3.19. The molecule has 1 unspecified atom stereocenters. The van der Waals surface area contributed by atoms with E-state index in [1.165, 1.54) is 37.6 Å². The number of nitrogens with zero attached hydrogens (tertiary/aromatic N) is 2. The summed E-state index contributed by atoms with van der Waals surface area (Å²) in [7, 11) is -2.72. The Labute approximate surface area is 161 Å². The number of nitrogens with one attached hydrogen (secondary N) is 1. The van der Waals surface area contributed by atoms with Gasteiger partial charge in [0, 0.05) is 12.7 Å². The van der Waals surface area contributed by atoms with Gasteiger partial charge in [-0.15, -0.1) is 0 Å². The van der Waals surface area contributed by atoms with Gasteiger partial charge in [-0.25, -0.2) is 22.6 Å². The summed E-state index contributed by atoms with van der Waals surface area (Å²) >= 11 is 0. The lowest BCUT2D eigenvalue weighted by molar-refractivity contribution is -0.119. The van der Waals surface area contributed by atoms with Crippen LogP contribution in [0.25, 0.3) is 0 Å². The number of hydrogen-bond donors (Lipinski definition) is 1. The number of methoxy groups -OCH3 is 1. The first-order valence-electron chi connectivity index (χ1n) is 8.45. The molecule has 0 bridgehead atoms. The third-order valence-corrected chi connectivity index (χ3v) is 6.28. The summed E-state index contributed by atoms with van der Waals surface area (Å²) in [5.74, 6) is -1.58. The molecule has 10 heteroatoms. The maximum absolute atomic E-state index is 13.1. The van der Waals surface area contributed by atoms with Crippen LogP contribution in [0.4, 0.5) is 10.2 Å². The second-order valence-corrected chi connectivity index (χ2v) is 8.03. The van der Waals surface area contributed by atoms with Crippen LogP contribution in [0, 0.1) is 5.82 Å². The van der Waals surface area contributed by atoms with Gasteiger partial charge in [0.25, 0.3) is 0 Å². The molecular formula is C18H18FN3O5S. The highest BCUT2D eigenvalue weighted by Gasteiger charge is 2.39. The number of pyridine rings is 1. The van der Waals surface area contributed by atoms with Crippen LogP contribution in [-0.2, 0) is 19.6 Å². The third-order valence-electron chi connectivity index (χ3n) is 4.36. The molecule has 1 atom stereocenters. The number of anilines is 1. The maximum atomic E-state index is 13.1. The summed E-state index contributed by atoms with van der Waals surface area (Å²) in [6.07, 6.45) is 2.18. The van der Waals surface area contributed by atoms with Gasteiger partial charge in [0.05, 0.1) is 17.6 Å². The quantitative estimate of drug-likeness (QED) is 0.758. The monoisotopic (exact) mass is 407 g/mol. The Bertz CT molecular complexity index is 995. The highest BCUT2D eigenvalue weighted by Crippen LogP contribution is 2.27. The lowest BCUT2D eigenvalue weighted by Crippen LogP contribution is -2.43. The highest BCUT2D eigenvalue weighted by molar-refractivity contribution is 7.89. The van der Waals surface area contributed by atoms with Gasteiger partial charge in [-0.1, -0.05) is 0 Å². The molecule has 0 spiro atoms. The molecule has 0 radical (unpaired) electrons. The number of amides is 1. The number of carbonyl (C=O) groups is 2. The van der Waals surface area contributed by atoms with Crippen molar-refractivity contribution in [3.63, 3.8) is 0 Å². The molecule has 0 saturated carbocycles. The predicted octanol–water partition coefficient (Wildman–Crippen LogP) is 1.80. The predicted molar refractivity (Wildman–Crippen MR) is 97.5 cm³/mol. The Balaban J connectivity index is 1.80. The number of halogens is 1. The lowest BCUT2D eigenvalue weighted by Gasteiger charge is -2.23. The summed E-state index contributed by atoms with van der Waals surface area (Å²) in [5.41, 5.74) is 0.204. The largest absolute Gasteiger partial charge is 0.465 e. The molecule has 1 aliphatic rings. The Hall–Kier alpha value is -2.85. The van der Waals surface area contributed by atoms with Crippen LogP contribution >= 0.6 is 0 Å². The fourth-order valence-electron chi connectivity index (χ4n) is 2.99. The van der Waals surface area contributed by atoms with Crippen molar-refractivity contribution in [1.82, 2.24) is 9.29 Å². The van der Waals surface area contributed by atoms with Crippen LogP contribution in [0.2, 0.25) is 0 Å². The van der Waals surface area contributed by atoms with Crippen molar-refractivity contribution in [1.29, 1.82) is 0 Å². The Morgan fingerprint density at radius 2 is 1.96 bits per heavy atom. The summed E-state index contributed by atoms with van der Waals surface area (Å²) < 4.78 is 44.5. The molecule has 1 fully saturated rings. The molecule has 0 aliphatic carbocycles. The van der Waals surface area contributed by atoms with E-state index in [-0.39, 0.29) is 22.8 Å². The van der Waals surface area contributed by atoms with E-state index in [2.05, 4.69) is 15.0 Å². The molecule has 2 aromatic rings. The van der Waals surface area contributed by atoms with E-state index in [4.69, 9.17) is 0 Å². The van der Waals surface area contributed by atoms with Crippen LogP contribution < -0.4 is 5.32 Å². The number of esters is 1. The zero-order valence-electron chi connectivity index (χ0n) is 15.0. The van der Waals surface area contributed by atoms with Crippen molar-refractivity contribution in [2.75, 3.05) is 19.0 Å². The number of ether oxygens (including phenoxy) is 1. The van der Waals surface area contributed by atoms with E-state index < -0.39 is 33.8 Å². The van der Waals surface area contributed by atoms with Crippen LogP contribution in [0.5, 0.6) is 0 Å². The molecule has 1 aliphatic heterocycles. The van der Waals surface area contributed by atoms with Crippen molar-refractivity contribution in [3.05, 3.63) is 54.0 Å². The minimum absolute atomic E-state index is 0.0839. The first kappa shape index (κ1) is 19.9. The first-order chi connectivity index (χ1) is 13.3. The van der Waals surface area contributed by atoms with Crippen LogP contribution in [-0.4, -0.2) is 49.3 Å². The van der Waals surface area contributed by atoms with Gasteiger partial charge >= 0.3 is 5.97 Å². The summed E-state index contributed by atoms with van der Waals surface area (Å²) in [6.45, 7) is 0.174. The SMILES string of the molecule is COC(=O)c1ccnc(NC(=O)C2CCCN2S(=O)(=O)c2ccc(F)cc2)c1. The zero-order valence-corrected chi connectivity index (χ0v) is 15.8. The van der Waals surface area contributed by atoms with Gasteiger partial charge in [0.15, 0.2) is 0 Å². The third kappa shape index (κ3) is 4.02.